The van der Waals surface area contributed by atoms with Crippen molar-refractivity contribution in [3.63, 3.8) is 0 Å². The third kappa shape index (κ3) is 7.22. The van der Waals surface area contributed by atoms with Gasteiger partial charge in [-0.3, -0.25) is 9.69 Å². The molecule has 6 nitrogen and oxygen atoms in total. The number of likely N-dealkylation sites (tertiary alicyclic amines) is 1. The maximum absolute atomic E-state index is 13.5. The van der Waals surface area contributed by atoms with Crippen molar-refractivity contribution in [2.24, 2.45) is 0 Å². The lowest BCUT2D eigenvalue weighted by Crippen LogP contribution is -2.42. The Bertz CT molecular complexity index is 1380. The van der Waals surface area contributed by atoms with Gasteiger partial charge in [-0.25, -0.2) is 4.98 Å². The van der Waals surface area contributed by atoms with Gasteiger partial charge in [-0.1, -0.05) is 72.8 Å². The van der Waals surface area contributed by atoms with E-state index in [2.05, 4.69) is 63.4 Å². The monoisotopic (exact) mass is 517 g/mol. The number of hydrogen-bond acceptors (Lipinski definition) is 4. The predicted octanol–water partition coefficient (Wildman–Crippen LogP) is 5.50. The number of rotatable bonds is 12. The average molecular weight is 518 g/mol. The fraction of sp³-hybridized carbons (Fsp3) is 0.303. The van der Waals surface area contributed by atoms with Crippen molar-refractivity contribution in [2.75, 3.05) is 13.1 Å². The van der Waals surface area contributed by atoms with Crippen molar-refractivity contribution >= 4 is 5.91 Å². The minimum atomic E-state index is -0.115. The lowest BCUT2D eigenvalue weighted by molar-refractivity contribution is -0.132. The van der Waals surface area contributed by atoms with Gasteiger partial charge in [-0.2, -0.15) is 5.26 Å². The summed E-state index contributed by atoms with van der Waals surface area (Å²) in [7, 11) is 0. The lowest BCUT2D eigenvalue weighted by atomic mass is 10.1. The van der Waals surface area contributed by atoms with E-state index in [4.69, 9.17) is 5.26 Å². The molecule has 0 spiro atoms. The summed E-state index contributed by atoms with van der Waals surface area (Å²) < 4.78 is 0. The van der Waals surface area contributed by atoms with Crippen LogP contribution in [0.15, 0.2) is 91.1 Å². The first-order chi connectivity index (χ1) is 19.2. The molecular formula is C33H35N5O. The molecule has 1 fully saturated rings. The number of carbonyl (C=O) groups excluding carboxylic acids is 1. The maximum Gasteiger partial charge on any atom is 0.240 e. The quantitative estimate of drug-likeness (QED) is 0.252. The van der Waals surface area contributed by atoms with Crippen molar-refractivity contribution in [1.82, 2.24) is 19.8 Å². The van der Waals surface area contributed by atoms with Crippen LogP contribution in [-0.4, -0.2) is 44.8 Å². The number of benzene rings is 3. The Morgan fingerprint density at radius 3 is 2.36 bits per heavy atom. The van der Waals surface area contributed by atoms with Crippen LogP contribution in [0.2, 0.25) is 0 Å². The van der Waals surface area contributed by atoms with Gasteiger partial charge < -0.3 is 9.88 Å². The largest absolute Gasteiger partial charge is 0.345 e. The first kappa shape index (κ1) is 26.4. The second-order valence-corrected chi connectivity index (χ2v) is 10.3. The minimum absolute atomic E-state index is 0.115. The second-order valence-electron chi connectivity index (χ2n) is 10.3. The molecule has 1 aromatic heterocycles. The summed E-state index contributed by atoms with van der Waals surface area (Å²) >= 11 is 0. The summed E-state index contributed by atoms with van der Waals surface area (Å²) in [5.41, 5.74) is 5.31. The van der Waals surface area contributed by atoms with Gasteiger partial charge in [0.15, 0.2) is 0 Å². The van der Waals surface area contributed by atoms with Crippen molar-refractivity contribution < 1.29 is 4.79 Å². The van der Waals surface area contributed by atoms with Crippen LogP contribution in [0.5, 0.6) is 0 Å². The molecule has 1 aliphatic rings. The average Bonchev–Trinajstić information content (AvgIpc) is 3.57. The topological polar surface area (TPSA) is 76.0 Å². The molecular weight excluding hydrogens is 482 g/mol. The van der Waals surface area contributed by atoms with Gasteiger partial charge in [-0.15, -0.1) is 0 Å². The molecule has 1 saturated heterocycles. The first-order valence-corrected chi connectivity index (χ1v) is 13.8. The summed E-state index contributed by atoms with van der Waals surface area (Å²) in [5, 5.41) is 9.04. The van der Waals surface area contributed by atoms with E-state index in [-0.39, 0.29) is 11.9 Å². The highest BCUT2D eigenvalue weighted by atomic mass is 16.2. The van der Waals surface area contributed by atoms with Crippen LogP contribution in [0.1, 0.15) is 53.0 Å². The van der Waals surface area contributed by atoms with Crippen molar-refractivity contribution in [1.29, 1.82) is 5.26 Å². The van der Waals surface area contributed by atoms with E-state index in [1.165, 1.54) is 11.1 Å². The smallest absolute Gasteiger partial charge is 0.240 e. The zero-order valence-corrected chi connectivity index (χ0v) is 22.3. The number of hydrogen-bond donors (Lipinski definition) is 1. The molecule has 1 atom stereocenters. The normalized spacial score (nSPS) is 15.1. The van der Waals surface area contributed by atoms with Gasteiger partial charge in [0.2, 0.25) is 5.91 Å². The number of carbonyl (C=O) groups is 1. The number of aromatic nitrogens is 2. The number of nitrogens with one attached hydrogen (secondary N) is 1. The third-order valence-corrected chi connectivity index (χ3v) is 7.44. The fourth-order valence-electron chi connectivity index (χ4n) is 5.34. The van der Waals surface area contributed by atoms with E-state index in [1.807, 2.05) is 53.6 Å². The fourth-order valence-corrected chi connectivity index (χ4v) is 5.34. The highest BCUT2D eigenvalue weighted by Gasteiger charge is 2.35. The Hall–Kier alpha value is -4.21. The van der Waals surface area contributed by atoms with E-state index in [0.717, 1.165) is 55.9 Å². The van der Waals surface area contributed by atoms with Gasteiger partial charge in [0.05, 0.1) is 17.7 Å². The lowest BCUT2D eigenvalue weighted by Gasteiger charge is -2.27. The Kier molecular flexibility index (Phi) is 8.82. The highest BCUT2D eigenvalue weighted by molar-refractivity contribution is 5.84. The molecule has 1 aliphatic heterocycles. The standard InChI is InChI=1S/C33H35N5O/c34-22-28-16-14-27(15-17-28)21-32-35-23-30(36-32)25-37(19-8-7-11-26-9-3-1-4-10-26)31-18-20-38(33(31)39)24-29-12-5-2-6-13-29/h1-6,9-10,12-17,23,31H,7-8,11,18-21,24-25H2,(H,35,36)/t31-/m0/s1. The molecule has 0 unspecified atom stereocenters. The highest BCUT2D eigenvalue weighted by Crippen LogP contribution is 2.22. The van der Waals surface area contributed by atoms with Crippen molar-refractivity contribution in [2.45, 2.75) is 51.2 Å². The van der Waals surface area contributed by atoms with Crippen LogP contribution in [-0.2, 0) is 30.7 Å². The van der Waals surface area contributed by atoms with Crippen LogP contribution in [0.3, 0.4) is 0 Å². The van der Waals surface area contributed by atoms with Gasteiger partial charge in [0.25, 0.3) is 0 Å². The molecule has 0 aliphatic carbocycles. The second kappa shape index (κ2) is 13.0. The van der Waals surface area contributed by atoms with Crippen LogP contribution in [0.4, 0.5) is 0 Å². The number of aromatic amines is 1. The number of amides is 1. The van der Waals surface area contributed by atoms with E-state index in [0.29, 0.717) is 25.1 Å². The predicted molar refractivity (Wildman–Crippen MR) is 153 cm³/mol. The molecule has 2 heterocycles. The van der Waals surface area contributed by atoms with Gasteiger partial charge in [0, 0.05) is 37.9 Å². The number of imidazole rings is 1. The summed E-state index contributed by atoms with van der Waals surface area (Å²) in [6.45, 7) is 2.98. The summed E-state index contributed by atoms with van der Waals surface area (Å²) in [4.78, 5) is 26.0. The van der Waals surface area contributed by atoms with Crippen LogP contribution in [0, 0.1) is 11.3 Å². The number of H-pyrrole nitrogens is 1. The Labute approximate surface area is 230 Å². The molecule has 0 radical (unpaired) electrons. The summed E-state index contributed by atoms with van der Waals surface area (Å²) in [5.74, 6) is 1.11. The third-order valence-electron chi connectivity index (χ3n) is 7.44. The molecule has 5 rings (SSSR count). The molecule has 0 saturated carbocycles. The van der Waals surface area contributed by atoms with Crippen molar-refractivity contribution in [3.8, 4) is 6.07 Å². The zero-order valence-electron chi connectivity index (χ0n) is 22.3. The number of unbranched alkanes of at least 4 members (excludes halogenated alkanes) is 1. The summed E-state index contributed by atoms with van der Waals surface area (Å²) in [6.07, 6.45) is 6.58. The molecule has 6 heteroatoms. The molecule has 4 aromatic rings. The minimum Gasteiger partial charge on any atom is -0.345 e. The van der Waals surface area contributed by atoms with Crippen LogP contribution >= 0.6 is 0 Å². The Morgan fingerprint density at radius 2 is 1.64 bits per heavy atom. The van der Waals surface area contributed by atoms with E-state index in [9.17, 15) is 4.79 Å². The molecule has 1 N–H and O–H groups in total. The first-order valence-electron chi connectivity index (χ1n) is 13.8. The summed E-state index contributed by atoms with van der Waals surface area (Å²) in [6, 6.07) is 30.5. The van der Waals surface area contributed by atoms with E-state index >= 15 is 0 Å². The van der Waals surface area contributed by atoms with Gasteiger partial charge >= 0.3 is 0 Å². The molecule has 39 heavy (non-hydrogen) atoms. The SMILES string of the molecule is N#Cc1ccc(Cc2ncc(CN(CCCCc3ccccc3)[C@H]3CCN(Cc4ccccc4)C3=O)[nH]2)cc1. The zero-order chi connectivity index (χ0) is 26.9. The van der Waals surface area contributed by atoms with Gasteiger partial charge in [-0.05, 0) is 61.1 Å². The maximum atomic E-state index is 13.5. The van der Waals surface area contributed by atoms with E-state index < -0.39 is 0 Å². The number of nitriles is 1. The Morgan fingerprint density at radius 1 is 0.923 bits per heavy atom. The van der Waals surface area contributed by atoms with Gasteiger partial charge in [0.1, 0.15) is 5.82 Å². The van der Waals surface area contributed by atoms with Crippen LogP contribution < -0.4 is 0 Å². The van der Waals surface area contributed by atoms with Crippen molar-refractivity contribution in [3.05, 3.63) is 125 Å². The van der Waals surface area contributed by atoms with Crippen LogP contribution in [0.25, 0.3) is 0 Å². The Balaban J connectivity index is 1.24. The molecule has 198 valence electrons. The number of nitrogens with zero attached hydrogens (tertiary/aromatic N) is 4. The van der Waals surface area contributed by atoms with E-state index in [1.54, 1.807) is 0 Å². The number of aryl methyl sites for hydroxylation is 1. The molecule has 3 aromatic carbocycles. The molecule has 0 bridgehead atoms. The molecule has 1 amide bonds.